The molecule has 1 N–H and O–H groups in total. The van der Waals surface area contributed by atoms with Crippen molar-refractivity contribution >= 4 is 29.3 Å². The first kappa shape index (κ1) is 22.4. The monoisotopic (exact) mass is 411 g/mol. The number of alkyl halides is 5. The van der Waals surface area contributed by atoms with Crippen molar-refractivity contribution in [1.82, 2.24) is 14.9 Å². The Labute approximate surface area is 156 Å². The Morgan fingerprint density at radius 2 is 1.93 bits per heavy atom. The van der Waals surface area contributed by atoms with Gasteiger partial charge < -0.3 is 14.9 Å². The Hall–Kier alpha value is -2.68. The number of carboxylic acid groups (broad SMARTS) is 1. The number of piperazine rings is 1. The second-order valence-corrected chi connectivity index (χ2v) is 5.65. The largest absolute Gasteiger partial charge is 0.490 e. The molecule has 0 saturated carbocycles. The molecular formula is C14H14ClF4N5O3. The maximum atomic E-state index is 12.9. The van der Waals surface area contributed by atoms with Gasteiger partial charge in [-0.25, -0.2) is 19.2 Å². The highest BCUT2D eigenvalue weighted by Crippen LogP contribution is 2.20. The highest BCUT2D eigenvalue weighted by atomic mass is 35.5. The SMILES string of the molecule is CC1CN(c2nccnc2C#N)CCN1C(=O)C(F)Cl.O=C(O)C(F)(F)F. The van der Waals surface area contributed by atoms with E-state index in [0.717, 1.165) is 0 Å². The number of carboxylic acids is 1. The molecule has 0 aromatic carbocycles. The molecule has 1 aromatic heterocycles. The molecule has 1 saturated heterocycles. The molecule has 0 bridgehead atoms. The summed E-state index contributed by atoms with van der Waals surface area (Å²) in [6.07, 6.45) is -2.12. The normalized spacial score (nSPS) is 18.0. The molecule has 148 valence electrons. The third kappa shape index (κ3) is 6.21. The van der Waals surface area contributed by atoms with E-state index < -0.39 is 23.7 Å². The number of halogens is 5. The first-order valence-electron chi connectivity index (χ1n) is 7.33. The average Bonchev–Trinajstić information content (AvgIpc) is 2.60. The van der Waals surface area contributed by atoms with Crippen molar-refractivity contribution in [3.63, 3.8) is 0 Å². The maximum Gasteiger partial charge on any atom is 0.490 e. The van der Waals surface area contributed by atoms with Crippen molar-refractivity contribution in [2.24, 2.45) is 0 Å². The number of amides is 1. The molecule has 1 amide bonds. The summed E-state index contributed by atoms with van der Waals surface area (Å²) in [5.41, 5.74) is -1.78. The van der Waals surface area contributed by atoms with E-state index in [9.17, 15) is 22.4 Å². The topological polar surface area (TPSA) is 110 Å². The molecule has 1 aliphatic heterocycles. The number of hydrogen-bond acceptors (Lipinski definition) is 6. The predicted molar refractivity (Wildman–Crippen MR) is 84.6 cm³/mol. The predicted octanol–water partition coefficient (Wildman–Crippen LogP) is 1.55. The van der Waals surface area contributed by atoms with E-state index in [1.807, 2.05) is 11.0 Å². The fourth-order valence-electron chi connectivity index (χ4n) is 2.24. The highest BCUT2D eigenvalue weighted by molar-refractivity contribution is 6.29. The second-order valence-electron chi connectivity index (χ2n) is 5.27. The Bertz CT molecular complexity index is 725. The fraction of sp³-hybridized carbons (Fsp3) is 0.500. The van der Waals surface area contributed by atoms with Crippen molar-refractivity contribution < 1.29 is 32.3 Å². The Balaban J connectivity index is 0.000000445. The van der Waals surface area contributed by atoms with Crippen LogP contribution in [0.3, 0.4) is 0 Å². The van der Waals surface area contributed by atoms with Gasteiger partial charge in [0.15, 0.2) is 11.5 Å². The van der Waals surface area contributed by atoms with E-state index >= 15 is 0 Å². The zero-order chi connectivity index (χ0) is 20.8. The number of aliphatic carboxylic acids is 1. The van der Waals surface area contributed by atoms with Crippen LogP contribution in [0.15, 0.2) is 12.4 Å². The number of carbonyl (C=O) groups is 2. The molecule has 0 aliphatic carbocycles. The molecule has 0 radical (unpaired) electrons. The minimum Gasteiger partial charge on any atom is -0.475 e. The highest BCUT2D eigenvalue weighted by Gasteiger charge is 2.38. The van der Waals surface area contributed by atoms with E-state index in [-0.39, 0.29) is 11.7 Å². The van der Waals surface area contributed by atoms with Gasteiger partial charge in [0, 0.05) is 38.1 Å². The van der Waals surface area contributed by atoms with Gasteiger partial charge in [-0.3, -0.25) is 4.79 Å². The van der Waals surface area contributed by atoms with Crippen molar-refractivity contribution in [3.8, 4) is 6.07 Å². The van der Waals surface area contributed by atoms with Gasteiger partial charge in [-0.05, 0) is 6.92 Å². The number of rotatable bonds is 2. The molecule has 13 heteroatoms. The number of carbonyl (C=O) groups excluding carboxylic acids is 1. The fourth-order valence-corrected chi connectivity index (χ4v) is 2.37. The van der Waals surface area contributed by atoms with Crippen LogP contribution in [0.5, 0.6) is 0 Å². The van der Waals surface area contributed by atoms with Crippen LogP contribution in [0.25, 0.3) is 0 Å². The summed E-state index contributed by atoms with van der Waals surface area (Å²) in [6, 6.07) is 1.76. The van der Waals surface area contributed by atoms with Crippen LogP contribution in [0.4, 0.5) is 23.4 Å². The lowest BCUT2D eigenvalue weighted by Crippen LogP contribution is -2.55. The number of hydrogen-bond donors (Lipinski definition) is 1. The molecular weight excluding hydrogens is 398 g/mol. The van der Waals surface area contributed by atoms with E-state index in [1.165, 1.54) is 17.3 Å². The summed E-state index contributed by atoms with van der Waals surface area (Å²) in [4.78, 5) is 31.9. The van der Waals surface area contributed by atoms with Gasteiger partial charge in [-0.2, -0.15) is 18.4 Å². The molecule has 2 atom stereocenters. The van der Waals surface area contributed by atoms with E-state index in [2.05, 4.69) is 9.97 Å². The van der Waals surface area contributed by atoms with Crippen LogP contribution in [0.1, 0.15) is 12.6 Å². The molecule has 27 heavy (non-hydrogen) atoms. The average molecular weight is 412 g/mol. The summed E-state index contributed by atoms with van der Waals surface area (Å²) < 4.78 is 44.6. The minimum absolute atomic E-state index is 0.221. The third-order valence-corrected chi connectivity index (χ3v) is 3.61. The number of anilines is 1. The van der Waals surface area contributed by atoms with Crippen molar-refractivity contribution in [2.45, 2.75) is 24.8 Å². The van der Waals surface area contributed by atoms with E-state index in [4.69, 9.17) is 26.8 Å². The van der Waals surface area contributed by atoms with Crippen LogP contribution < -0.4 is 4.90 Å². The zero-order valence-electron chi connectivity index (χ0n) is 13.8. The Morgan fingerprint density at radius 3 is 2.37 bits per heavy atom. The van der Waals surface area contributed by atoms with Gasteiger partial charge in [-0.1, -0.05) is 11.6 Å². The van der Waals surface area contributed by atoms with E-state index in [1.54, 1.807) is 6.92 Å². The molecule has 1 aromatic rings. The molecule has 8 nitrogen and oxygen atoms in total. The smallest absolute Gasteiger partial charge is 0.475 e. The van der Waals surface area contributed by atoms with Crippen molar-refractivity contribution in [2.75, 3.05) is 24.5 Å². The lowest BCUT2D eigenvalue weighted by molar-refractivity contribution is -0.192. The molecule has 2 rings (SSSR count). The van der Waals surface area contributed by atoms with Crippen LogP contribution in [-0.2, 0) is 9.59 Å². The van der Waals surface area contributed by atoms with Crippen LogP contribution in [0, 0.1) is 11.3 Å². The van der Waals surface area contributed by atoms with E-state index in [0.29, 0.717) is 25.5 Å². The van der Waals surface area contributed by atoms with Crippen LogP contribution in [-0.4, -0.2) is 69.3 Å². The Morgan fingerprint density at radius 1 is 1.37 bits per heavy atom. The minimum atomic E-state index is -5.08. The maximum absolute atomic E-state index is 12.9. The first-order valence-corrected chi connectivity index (χ1v) is 7.77. The van der Waals surface area contributed by atoms with Crippen molar-refractivity contribution in [3.05, 3.63) is 18.1 Å². The van der Waals surface area contributed by atoms with Gasteiger partial charge in [-0.15, -0.1) is 0 Å². The summed E-state index contributed by atoms with van der Waals surface area (Å²) in [5, 5.41) is 16.1. The summed E-state index contributed by atoms with van der Waals surface area (Å²) in [5.74, 6) is -3.00. The van der Waals surface area contributed by atoms with Crippen molar-refractivity contribution in [1.29, 1.82) is 5.26 Å². The lowest BCUT2D eigenvalue weighted by atomic mass is 10.2. The second kappa shape index (κ2) is 9.31. The van der Waals surface area contributed by atoms with Gasteiger partial charge in [0.05, 0.1) is 0 Å². The molecule has 2 unspecified atom stereocenters. The lowest BCUT2D eigenvalue weighted by Gasteiger charge is -2.40. The van der Waals surface area contributed by atoms with Gasteiger partial charge in [0.25, 0.3) is 11.5 Å². The van der Waals surface area contributed by atoms with Gasteiger partial charge in [0.2, 0.25) is 0 Å². The number of aromatic nitrogens is 2. The first-order chi connectivity index (χ1) is 12.5. The molecule has 1 aliphatic rings. The van der Waals surface area contributed by atoms with Crippen LogP contribution >= 0.6 is 11.6 Å². The molecule has 0 spiro atoms. The summed E-state index contributed by atoms with van der Waals surface area (Å²) in [6.45, 7) is 3.02. The molecule has 1 fully saturated rings. The molecule has 2 heterocycles. The third-order valence-electron chi connectivity index (χ3n) is 3.42. The number of nitriles is 1. The zero-order valence-corrected chi connectivity index (χ0v) is 14.6. The standard InChI is InChI=1S/C12H13ClFN5O.C2HF3O2/c1-8-7-18(4-5-19(8)12(20)10(13)14)11-9(6-15)16-2-3-17-11;3-2(4,5)1(6)7/h2-3,8,10H,4-5,7H2,1H3;(H,6,7). The van der Waals surface area contributed by atoms with Gasteiger partial charge in [0.1, 0.15) is 6.07 Å². The van der Waals surface area contributed by atoms with Gasteiger partial charge >= 0.3 is 12.1 Å². The summed E-state index contributed by atoms with van der Waals surface area (Å²) >= 11 is 5.19. The quantitative estimate of drug-likeness (QED) is 0.580. The summed E-state index contributed by atoms with van der Waals surface area (Å²) in [7, 11) is 0. The Kier molecular flexibility index (Phi) is 7.71. The number of nitrogens with zero attached hydrogens (tertiary/aromatic N) is 5. The van der Waals surface area contributed by atoms with Crippen LogP contribution in [0.2, 0.25) is 0 Å².